The minimum absolute atomic E-state index is 0.646. The highest BCUT2D eigenvalue weighted by Crippen LogP contribution is 2.24. The van der Waals surface area contributed by atoms with Crippen LogP contribution in [0, 0.1) is 5.92 Å². The maximum atomic E-state index is 10.7. The van der Waals surface area contributed by atoms with Crippen LogP contribution >= 0.6 is 0 Å². The van der Waals surface area contributed by atoms with E-state index in [1.54, 1.807) is 0 Å². The van der Waals surface area contributed by atoms with Crippen LogP contribution < -0.4 is 0 Å². The predicted molar refractivity (Wildman–Crippen MR) is 52.3 cm³/mol. The van der Waals surface area contributed by atoms with E-state index in [1.807, 2.05) is 0 Å². The number of carbonyl (C=O) groups is 2. The average molecular weight is 266 g/mol. The number of carboxylic acid groups (broad SMARTS) is 2. The van der Waals surface area contributed by atoms with Crippen LogP contribution in [0.5, 0.6) is 0 Å². The van der Waals surface area contributed by atoms with Crippen molar-refractivity contribution < 1.29 is 45.0 Å². The first-order valence-corrected chi connectivity index (χ1v) is 5.09. The number of aliphatic hydroxyl groups excluding tert-OH is 4. The van der Waals surface area contributed by atoms with Gasteiger partial charge in [-0.15, -0.1) is 0 Å². The quantitative estimate of drug-likeness (QED) is 0.290. The van der Waals surface area contributed by atoms with E-state index >= 15 is 0 Å². The Morgan fingerprint density at radius 1 is 0.944 bits per heavy atom. The molecule has 18 heavy (non-hydrogen) atoms. The highest BCUT2D eigenvalue weighted by Gasteiger charge is 2.45. The van der Waals surface area contributed by atoms with Crippen LogP contribution in [0.25, 0.3) is 0 Å². The van der Waals surface area contributed by atoms with E-state index in [4.69, 9.17) is 15.3 Å². The summed E-state index contributed by atoms with van der Waals surface area (Å²) in [5.74, 6) is -5.11. The van der Waals surface area contributed by atoms with Crippen LogP contribution in [-0.4, -0.2) is 73.3 Å². The SMILES string of the molecule is O=C(O)C(C[C@H]1OC(O)[C@@H](O)[C@@H](O)[C@@H]1O)C(=O)O. The normalized spacial score (nSPS) is 36.6. The summed E-state index contributed by atoms with van der Waals surface area (Å²) >= 11 is 0. The molecule has 1 rings (SSSR count). The zero-order chi connectivity index (χ0) is 14.0. The highest BCUT2D eigenvalue weighted by molar-refractivity contribution is 5.92. The van der Waals surface area contributed by atoms with Gasteiger partial charge in [-0.05, 0) is 0 Å². The van der Waals surface area contributed by atoms with Crippen LogP contribution in [0.3, 0.4) is 0 Å². The lowest BCUT2D eigenvalue weighted by Gasteiger charge is -2.38. The number of ether oxygens (including phenoxy) is 1. The largest absolute Gasteiger partial charge is 0.481 e. The van der Waals surface area contributed by atoms with Crippen molar-refractivity contribution in [1.82, 2.24) is 0 Å². The van der Waals surface area contributed by atoms with Gasteiger partial charge >= 0.3 is 11.9 Å². The van der Waals surface area contributed by atoms with E-state index in [1.165, 1.54) is 0 Å². The summed E-state index contributed by atoms with van der Waals surface area (Å²) in [5.41, 5.74) is 0. The molecule has 5 atom stereocenters. The Bertz CT molecular complexity index is 316. The molecule has 1 saturated heterocycles. The Kier molecular flexibility index (Phi) is 4.59. The van der Waals surface area contributed by atoms with Crippen molar-refractivity contribution in [3.63, 3.8) is 0 Å². The molecule has 104 valence electrons. The van der Waals surface area contributed by atoms with Gasteiger partial charge in [-0.2, -0.15) is 0 Å². The van der Waals surface area contributed by atoms with Crippen molar-refractivity contribution in [3.05, 3.63) is 0 Å². The molecule has 0 radical (unpaired) electrons. The Morgan fingerprint density at radius 3 is 1.89 bits per heavy atom. The summed E-state index contributed by atoms with van der Waals surface area (Å²) in [7, 11) is 0. The Hall–Kier alpha value is -1.26. The van der Waals surface area contributed by atoms with Crippen LogP contribution in [0.1, 0.15) is 6.42 Å². The molecule has 0 amide bonds. The maximum absolute atomic E-state index is 10.7. The van der Waals surface area contributed by atoms with Crippen molar-refractivity contribution in [2.75, 3.05) is 0 Å². The first-order valence-electron chi connectivity index (χ1n) is 5.09. The molecule has 0 bridgehead atoms. The lowest BCUT2D eigenvalue weighted by atomic mass is 9.91. The summed E-state index contributed by atoms with van der Waals surface area (Å²) in [6, 6.07) is 0. The van der Waals surface area contributed by atoms with Gasteiger partial charge in [0.05, 0.1) is 6.10 Å². The molecule has 6 N–H and O–H groups in total. The lowest BCUT2D eigenvalue weighted by molar-refractivity contribution is -0.284. The molecular formula is C9H14O9. The van der Waals surface area contributed by atoms with E-state index in [-0.39, 0.29) is 0 Å². The van der Waals surface area contributed by atoms with Crippen molar-refractivity contribution in [3.8, 4) is 0 Å². The van der Waals surface area contributed by atoms with E-state index in [9.17, 15) is 24.9 Å². The summed E-state index contributed by atoms with van der Waals surface area (Å²) in [4.78, 5) is 21.3. The number of aliphatic hydroxyl groups is 4. The second kappa shape index (κ2) is 5.59. The van der Waals surface area contributed by atoms with Crippen molar-refractivity contribution in [2.24, 2.45) is 5.92 Å². The minimum atomic E-state index is -1.85. The van der Waals surface area contributed by atoms with E-state index < -0.39 is 55.0 Å². The Labute approximate surface area is 101 Å². The van der Waals surface area contributed by atoms with Crippen LogP contribution in [-0.2, 0) is 14.3 Å². The third-order valence-corrected chi connectivity index (χ3v) is 2.75. The van der Waals surface area contributed by atoms with Crippen molar-refractivity contribution in [2.45, 2.75) is 37.1 Å². The molecular weight excluding hydrogens is 252 g/mol. The molecule has 0 aromatic heterocycles. The van der Waals surface area contributed by atoms with Crippen LogP contribution in [0.2, 0.25) is 0 Å². The fourth-order valence-electron chi connectivity index (χ4n) is 1.67. The van der Waals surface area contributed by atoms with Gasteiger partial charge in [0, 0.05) is 6.42 Å². The van der Waals surface area contributed by atoms with Crippen molar-refractivity contribution in [1.29, 1.82) is 0 Å². The number of rotatable bonds is 4. The van der Waals surface area contributed by atoms with Crippen LogP contribution in [0.4, 0.5) is 0 Å². The monoisotopic (exact) mass is 266 g/mol. The topological polar surface area (TPSA) is 165 Å². The van der Waals surface area contributed by atoms with Gasteiger partial charge in [-0.1, -0.05) is 0 Å². The molecule has 0 aromatic carbocycles. The van der Waals surface area contributed by atoms with Gasteiger partial charge in [0.25, 0.3) is 0 Å². The molecule has 1 fully saturated rings. The van der Waals surface area contributed by atoms with Gasteiger partial charge in [-0.25, -0.2) is 0 Å². The Balaban J connectivity index is 2.77. The first-order chi connectivity index (χ1) is 8.25. The van der Waals surface area contributed by atoms with Crippen molar-refractivity contribution >= 4 is 11.9 Å². The molecule has 9 nitrogen and oxygen atoms in total. The Morgan fingerprint density at radius 2 is 1.44 bits per heavy atom. The molecule has 1 aliphatic rings. The van der Waals surface area contributed by atoms with Crippen LogP contribution in [0.15, 0.2) is 0 Å². The number of carboxylic acids is 2. The fourth-order valence-corrected chi connectivity index (χ4v) is 1.67. The second-order valence-corrected chi connectivity index (χ2v) is 4.00. The maximum Gasteiger partial charge on any atom is 0.317 e. The van der Waals surface area contributed by atoms with Gasteiger partial charge < -0.3 is 35.4 Å². The number of aliphatic carboxylic acids is 2. The average Bonchev–Trinajstić information content (AvgIpc) is 2.28. The highest BCUT2D eigenvalue weighted by atomic mass is 16.6. The summed E-state index contributed by atoms with van der Waals surface area (Å²) in [6.07, 6.45) is -9.06. The summed E-state index contributed by atoms with van der Waals surface area (Å²) in [6.45, 7) is 0. The van der Waals surface area contributed by atoms with Gasteiger partial charge in [-0.3, -0.25) is 9.59 Å². The molecule has 1 unspecified atom stereocenters. The zero-order valence-electron chi connectivity index (χ0n) is 9.08. The second-order valence-electron chi connectivity index (χ2n) is 4.00. The zero-order valence-corrected chi connectivity index (χ0v) is 9.08. The first kappa shape index (κ1) is 14.8. The van der Waals surface area contributed by atoms with E-state index in [0.29, 0.717) is 0 Å². The molecule has 0 spiro atoms. The number of hydrogen-bond acceptors (Lipinski definition) is 7. The van der Waals surface area contributed by atoms with E-state index in [2.05, 4.69) is 4.74 Å². The molecule has 9 heteroatoms. The van der Waals surface area contributed by atoms with E-state index in [0.717, 1.165) is 0 Å². The van der Waals surface area contributed by atoms with Gasteiger partial charge in [0.1, 0.15) is 18.3 Å². The predicted octanol–water partition coefficient (Wildman–Crippen LogP) is -3.04. The minimum Gasteiger partial charge on any atom is -0.481 e. The fraction of sp³-hybridized carbons (Fsp3) is 0.778. The summed E-state index contributed by atoms with van der Waals surface area (Å²) in [5, 5.41) is 54.5. The molecule has 1 heterocycles. The smallest absolute Gasteiger partial charge is 0.317 e. The third-order valence-electron chi connectivity index (χ3n) is 2.75. The molecule has 0 aliphatic carbocycles. The molecule has 0 saturated carbocycles. The molecule has 1 aliphatic heterocycles. The van der Waals surface area contributed by atoms with Gasteiger partial charge in [0.2, 0.25) is 0 Å². The third kappa shape index (κ3) is 2.94. The summed E-state index contributed by atoms with van der Waals surface area (Å²) < 4.78 is 4.68. The standard InChI is InChI=1S/C9H14O9/c10-4-3(1-2(7(13)14)8(15)16)18-9(17)6(12)5(4)11/h2-6,9-12,17H,1H2,(H,13,14)(H,15,16)/t3-,4-,5+,6+,9?/m1/s1. The van der Waals surface area contributed by atoms with Gasteiger partial charge in [0.15, 0.2) is 12.2 Å². The lowest BCUT2D eigenvalue weighted by Crippen LogP contribution is -2.58. The molecule has 0 aromatic rings. The number of hydrogen-bond donors (Lipinski definition) is 6.